The van der Waals surface area contributed by atoms with Crippen molar-refractivity contribution in [3.63, 3.8) is 0 Å². The van der Waals surface area contributed by atoms with E-state index in [9.17, 15) is 26.4 Å². The zero-order valence-corrected chi connectivity index (χ0v) is 29.5. The van der Waals surface area contributed by atoms with Crippen LogP contribution in [0.15, 0.2) is 107 Å². The Morgan fingerprint density at radius 1 is 0.420 bits per heavy atom. The number of sulfonamides is 2. The van der Waals surface area contributed by atoms with E-state index in [1.165, 1.54) is 57.1 Å². The lowest BCUT2D eigenvalue weighted by Crippen LogP contribution is -2.31. The lowest BCUT2D eigenvalue weighted by atomic mass is 10.0. The highest BCUT2D eigenvalue weighted by molar-refractivity contribution is 7.89. The van der Waals surface area contributed by atoms with Crippen molar-refractivity contribution in [3.8, 4) is 11.1 Å². The van der Waals surface area contributed by atoms with Gasteiger partial charge in [-0.05, 0) is 110 Å². The third kappa shape index (κ3) is 8.32. The predicted octanol–water partition coefficient (Wildman–Crippen LogP) is 6.99. The first-order valence-corrected chi connectivity index (χ1v) is 20.0. The zero-order valence-electron chi connectivity index (χ0n) is 27.9. The van der Waals surface area contributed by atoms with Crippen LogP contribution in [0, 0.1) is 0 Å². The Bertz CT molecular complexity index is 1850. The maximum Gasteiger partial charge on any atom is 0.255 e. The van der Waals surface area contributed by atoms with E-state index in [0.717, 1.165) is 62.5 Å². The smallest absolute Gasteiger partial charge is 0.255 e. The molecule has 2 N–H and O–H groups in total. The first kappa shape index (κ1) is 35.5. The van der Waals surface area contributed by atoms with Gasteiger partial charge in [0.15, 0.2) is 0 Å². The summed E-state index contributed by atoms with van der Waals surface area (Å²) in [6.07, 6.45) is 7.56. The summed E-state index contributed by atoms with van der Waals surface area (Å²) in [5.74, 6) is -0.685. The molecule has 0 aromatic heterocycles. The van der Waals surface area contributed by atoms with Gasteiger partial charge in [-0.2, -0.15) is 8.61 Å². The molecule has 0 unspecified atom stereocenters. The van der Waals surface area contributed by atoms with Crippen molar-refractivity contribution >= 4 is 43.2 Å². The van der Waals surface area contributed by atoms with E-state index in [1.807, 2.05) is 24.3 Å². The zero-order chi connectivity index (χ0) is 35.1. The monoisotopic (exact) mass is 714 g/mol. The van der Waals surface area contributed by atoms with Crippen molar-refractivity contribution in [2.75, 3.05) is 36.8 Å². The van der Waals surface area contributed by atoms with E-state index in [-0.39, 0.29) is 21.6 Å². The van der Waals surface area contributed by atoms with Gasteiger partial charge >= 0.3 is 0 Å². The molecule has 0 atom stereocenters. The van der Waals surface area contributed by atoms with E-state index in [1.54, 1.807) is 24.3 Å². The molecular formula is C38H42N4O6S2. The van der Waals surface area contributed by atoms with E-state index in [4.69, 9.17) is 0 Å². The summed E-state index contributed by atoms with van der Waals surface area (Å²) < 4.78 is 55.3. The van der Waals surface area contributed by atoms with Gasteiger partial charge in [0.05, 0.1) is 9.79 Å². The van der Waals surface area contributed by atoms with E-state index < -0.39 is 20.0 Å². The first-order chi connectivity index (χ1) is 24.1. The number of carbonyl (C=O) groups excluding carboxylic acids is 2. The van der Waals surface area contributed by atoms with Crippen LogP contribution in [0.4, 0.5) is 11.4 Å². The molecule has 12 heteroatoms. The molecule has 6 rings (SSSR count). The molecule has 2 aliphatic rings. The van der Waals surface area contributed by atoms with Crippen LogP contribution in [0.2, 0.25) is 0 Å². The number of nitrogens with zero attached hydrogens (tertiary/aromatic N) is 2. The molecule has 4 aromatic rings. The summed E-state index contributed by atoms with van der Waals surface area (Å²) in [6, 6.07) is 26.8. The van der Waals surface area contributed by atoms with Crippen molar-refractivity contribution in [3.05, 3.63) is 108 Å². The van der Waals surface area contributed by atoms with Crippen molar-refractivity contribution in [2.45, 2.75) is 61.2 Å². The summed E-state index contributed by atoms with van der Waals surface area (Å²) in [4.78, 5) is 26.2. The molecule has 10 nitrogen and oxygen atoms in total. The van der Waals surface area contributed by atoms with Gasteiger partial charge in [0.1, 0.15) is 0 Å². The van der Waals surface area contributed by atoms with Crippen LogP contribution >= 0.6 is 0 Å². The average Bonchev–Trinajstić information content (AvgIpc) is 3.60. The second kappa shape index (κ2) is 15.7. The Hall–Kier alpha value is -4.36. The molecule has 0 spiro atoms. The highest BCUT2D eigenvalue weighted by Crippen LogP contribution is 2.26. The first-order valence-electron chi connectivity index (χ1n) is 17.1. The highest BCUT2D eigenvalue weighted by Gasteiger charge is 2.26. The van der Waals surface area contributed by atoms with Crippen LogP contribution in [0.1, 0.15) is 72.1 Å². The van der Waals surface area contributed by atoms with Crippen molar-refractivity contribution in [1.29, 1.82) is 0 Å². The number of nitrogens with one attached hydrogen (secondary N) is 2. The number of amides is 2. The Kier molecular flexibility index (Phi) is 11.1. The van der Waals surface area contributed by atoms with Crippen molar-refractivity contribution in [2.24, 2.45) is 0 Å². The van der Waals surface area contributed by atoms with Gasteiger partial charge in [0.2, 0.25) is 20.0 Å². The molecule has 50 heavy (non-hydrogen) atoms. The van der Waals surface area contributed by atoms with Crippen LogP contribution in [0.25, 0.3) is 11.1 Å². The molecule has 0 aliphatic carbocycles. The van der Waals surface area contributed by atoms with Crippen LogP contribution in [0.3, 0.4) is 0 Å². The Labute approximate surface area is 294 Å². The maximum atomic E-state index is 13.1. The van der Waals surface area contributed by atoms with Crippen LogP contribution in [-0.4, -0.2) is 63.4 Å². The third-order valence-electron chi connectivity index (χ3n) is 9.26. The van der Waals surface area contributed by atoms with Crippen LogP contribution in [-0.2, 0) is 20.0 Å². The molecule has 2 amide bonds. The van der Waals surface area contributed by atoms with Gasteiger partial charge in [-0.3, -0.25) is 9.59 Å². The quantitative estimate of drug-likeness (QED) is 0.192. The molecule has 262 valence electrons. The fourth-order valence-corrected chi connectivity index (χ4v) is 9.35. The number of hydrogen-bond acceptors (Lipinski definition) is 6. The minimum Gasteiger partial charge on any atom is -0.322 e. The third-order valence-corrected chi connectivity index (χ3v) is 13.1. The molecule has 2 saturated heterocycles. The number of anilines is 2. The highest BCUT2D eigenvalue weighted by atomic mass is 32.2. The summed E-state index contributed by atoms with van der Waals surface area (Å²) in [6.45, 7) is 2.08. The number of rotatable bonds is 9. The van der Waals surface area contributed by atoms with Gasteiger partial charge in [0.25, 0.3) is 11.8 Å². The molecule has 2 fully saturated rings. The molecule has 2 heterocycles. The average molecular weight is 715 g/mol. The number of carbonyl (C=O) groups is 2. The maximum absolute atomic E-state index is 13.1. The minimum absolute atomic E-state index is 0.191. The summed E-state index contributed by atoms with van der Waals surface area (Å²) >= 11 is 0. The van der Waals surface area contributed by atoms with Gasteiger partial charge in [-0.25, -0.2) is 16.8 Å². The van der Waals surface area contributed by atoms with Crippen LogP contribution < -0.4 is 10.6 Å². The van der Waals surface area contributed by atoms with Gasteiger partial charge in [0, 0.05) is 48.7 Å². The fourth-order valence-electron chi connectivity index (χ4n) is 6.32. The van der Waals surface area contributed by atoms with Crippen LogP contribution in [0.5, 0.6) is 0 Å². The molecular weight excluding hydrogens is 673 g/mol. The molecule has 4 aromatic carbocycles. The molecule has 2 aliphatic heterocycles. The molecule has 0 radical (unpaired) electrons. The van der Waals surface area contributed by atoms with Crippen molar-refractivity contribution < 1.29 is 26.4 Å². The summed E-state index contributed by atoms with van der Waals surface area (Å²) in [7, 11) is -7.18. The number of hydrogen-bond donors (Lipinski definition) is 2. The summed E-state index contributed by atoms with van der Waals surface area (Å²) in [5.41, 5.74) is 3.71. The summed E-state index contributed by atoms with van der Waals surface area (Å²) in [5, 5.41) is 5.72. The predicted molar refractivity (Wildman–Crippen MR) is 195 cm³/mol. The SMILES string of the molecule is O=C(Nc1ccc(-c2ccc(NC(=O)c3ccc(S(=O)(=O)N4CCCCCC4)cc3)cc2)cc1)c1ccc(S(=O)(=O)N2CCCCCC2)cc1. The standard InChI is InChI=1S/C38H42N4O6S2/c43-37(31-13-21-35(22-14-31)49(45,46)41-25-5-1-2-6-26-41)39-33-17-9-29(10-18-33)30-11-19-34(20-12-30)40-38(44)32-15-23-36(24-16-32)50(47,48)42-27-7-3-4-8-28-42/h9-24H,1-8,25-28H2,(H,39,43)(H,40,44). The Morgan fingerprint density at radius 3 is 1.02 bits per heavy atom. The number of benzene rings is 4. The van der Waals surface area contributed by atoms with Gasteiger partial charge in [-0.1, -0.05) is 49.9 Å². The molecule has 0 bridgehead atoms. The fraction of sp³-hybridized carbons (Fsp3) is 0.316. The van der Waals surface area contributed by atoms with Crippen molar-refractivity contribution in [1.82, 2.24) is 8.61 Å². The Morgan fingerprint density at radius 2 is 0.720 bits per heavy atom. The van der Waals surface area contributed by atoms with Gasteiger partial charge < -0.3 is 10.6 Å². The van der Waals surface area contributed by atoms with Gasteiger partial charge in [-0.15, -0.1) is 0 Å². The lowest BCUT2D eigenvalue weighted by molar-refractivity contribution is 0.101. The molecule has 0 saturated carbocycles. The second-order valence-corrected chi connectivity index (χ2v) is 16.6. The normalized spacial score (nSPS) is 16.6. The lowest BCUT2D eigenvalue weighted by Gasteiger charge is -2.20. The van der Waals surface area contributed by atoms with E-state index in [0.29, 0.717) is 48.7 Å². The Balaban J connectivity index is 1.03. The second-order valence-electron chi connectivity index (χ2n) is 12.7. The minimum atomic E-state index is -3.59. The largest absolute Gasteiger partial charge is 0.322 e. The van der Waals surface area contributed by atoms with E-state index >= 15 is 0 Å². The van der Waals surface area contributed by atoms with E-state index in [2.05, 4.69) is 10.6 Å². The topological polar surface area (TPSA) is 133 Å².